The van der Waals surface area contributed by atoms with Crippen molar-refractivity contribution in [3.05, 3.63) is 71.3 Å². The van der Waals surface area contributed by atoms with Crippen LogP contribution in [-0.4, -0.2) is 15.1 Å². The number of aliphatic hydroxyl groups is 2. The highest BCUT2D eigenvalue weighted by molar-refractivity contribution is 7.58. The molecule has 0 aliphatic heterocycles. The van der Waals surface area contributed by atoms with Crippen molar-refractivity contribution >= 4 is 7.37 Å². The number of hydrogen-bond donors (Lipinski definition) is 3. The molecular weight excluding hydrogens is 301 g/mol. The Morgan fingerprint density at radius 3 is 1.48 bits per heavy atom. The topological polar surface area (TPSA) is 77.8 Å². The fourth-order valence-electron chi connectivity index (χ4n) is 1.90. The summed E-state index contributed by atoms with van der Waals surface area (Å²) in [6.07, 6.45) is 0. The molecule has 21 heavy (non-hydrogen) atoms. The zero-order valence-electron chi connectivity index (χ0n) is 10.7. The van der Waals surface area contributed by atoms with Crippen molar-refractivity contribution in [3.63, 3.8) is 0 Å². The third-order valence-corrected chi connectivity index (χ3v) is 5.03. The quantitative estimate of drug-likeness (QED) is 0.758. The fourth-order valence-corrected chi connectivity index (χ4v) is 3.38. The summed E-state index contributed by atoms with van der Waals surface area (Å²) in [5.74, 6) is -6.10. The van der Waals surface area contributed by atoms with Crippen LogP contribution >= 0.6 is 7.37 Å². The van der Waals surface area contributed by atoms with Crippen LogP contribution in [0.15, 0.2) is 48.5 Å². The van der Waals surface area contributed by atoms with E-state index in [0.29, 0.717) is 0 Å². The van der Waals surface area contributed by atoms with Crippen LogP contribution in [0.25, 0.3) is 0 Å². The van der Waals surface area contributed by atoms with Gasteiger partial charge in [0.1, 0.15) is 11.6 Å². The molecule has 0 aliphatic carbocycles. The molecule has 0 bridgehead atoms. The maximum Gasteiger partial charge on any atom is 0.264 e. The van der Waals surface area contributed by atoms with E-state index in [0.717, 1.165) is 24.3 Å². The molecular formula is C14H13F2O4P. The van der Waals surface area contributed by atoms with E-state index in [1.165, 1.54) is 24.3 Å². The first kappa shape index (κ1) is 15.8. The van der Waals surface area contributed by atoms with Crippen molar-refractivity contribution in [3.8, 4) is 0 Å². The minimum Gasteiger partial charge on any atom is -0.378 e. The van der Waals surface area contributed by atoms with E-state index < -0.39 is 41.8 Å². The number of benzene rings is 2. The molecule has 2 atom stereocenters. The van der Waals surface area contributed by atoms with Gasteiger partial charge in [0, 0.05) is 11.1 Å². The lowest BCUT2D eigenvalue weighted by Crippen LogP contribution is -2.10. The highest BCUT2D eigenvalue weighted by Crippen LogP contribution is 2.63. The van der Waals surface area contributed by atoms with Gasteiger partial charge in [-0.15, -0.1) is 0 Å². The highest BCUT2D eigenvalue weighted by Gasteiger charge is 2.41. The standard InChI is InChI=1S/C14H13F2O4P/c15-11-7-3-1-5-9(11)13(17)21(19,20)14(18)10-6-2-4-8-12(10)16/h1-8,13-14,17-18H,(H,19,20). The molecule has 4 nitrogen and oxygen atoms in total. The van der Waals surface area contributed by atoms with Crippen LogP contribution in [0.2, 0.25) is 0 Å². The summed E-state index contributed by atoms with van der Waals surface area (Å²) in [6.45, 7) is 0. The molecule has 0 radical (unpaired) electrons. The Morgan fingerprint density at radius 2 is 1.14 bits per heavy atom. The number of aliphatic hydroxyl groups excluding tert-OH is 2. The molecule has 0 saturated heterocycles. The second kappa shape index (κ2) is 6.03. The molecule has 2 aromatic carbocycles. The average Bonchev–Trinajstić information content (AvgIpc) is 2.47. The minimum absolute atomic E-state index is 0.432. The lowest BCUT2D eigenvalue weighted by atomic mass is 10.2. The van der Waals surface area contributed by atoms with Crippen molar-refractivity contribution in [1.29, 1.82) is 0 Å². The van der Waals surface area contributed by atoms with E-state index in [1.54, 1.807) is 0 Å². The van der Waals surface area contributed by atoms with Crippen LogP contribution in [0, 0.1) is 11.6 Å². The molecule has 3 N–H and O–H groups in total. The third kappa shape index (κ3) is 3.04. The van der Waals surface area contributed by atoms with E-state index in [-0.39, 0.29) is 0 Å². The molecule has 2 aromatic rings. The lowest BCUT2D eigenvalue weighted by Gasteiger charge is -2.24. The van der Waals surface area contributed by atoms with Gasteiger partial charge >= 0.3 is 0 Å². The predicted molar refractivity (Wildman–Crippen MR) is 72.5 cm³/mol. The van der Waals surface area contributed by atoms with E-state index in [4.69, 9.17) is 0 Å². The van der Waals surface area contributed by atoms with Crippen LogP contribution < -0.4 is 0 Å². The smallest absolute Gasteiger partial charge is 0.264 e. The summed E-state index contributed by atoms with van der Waals surface area (Å²) in [5.41, 5.74) is -0.863. The first-order chi connectivity index (χ1) is 9.85. The summed E-state index contributed by atoms with van der Waals surface area (Å²) in [5, 5.41) is 19.8. The van der Waals surface area contributed by atoms with Gasteiger partial charge in [-0.05, 0) is 12.1 Å². The van der Waals surface area contributed by atoms with Gasteiger partial charge in [0.15, 0.2) is 11.7 Å². The Hall–Kier alpha value is -1.59. The van der Waals surface area contributed by atoms with Crippen LogP contribution in [-0.2, 0) is 4.57 Å². The maximum atomic E-state index is 13.6. The zero-order valence-corrected chi connectivity index (χ0v) is 11.6. The van der Waals surface area contributed by atoms with Gasteiger partial charge in [-0.25, -0.2) is 8.78 Å². The van der Waals surface area contributed by atoms with Gasteiger partial charge in [-0.3, -0.25) is 4.57 Å². The summed E-state index contributed by atoms with van der Waals surface area (Å²) in [4.78, 5) is 9.93. The summed E-state index contributed by atoms with van der Waals surface area (Å²) in [6, 6.07) is 9.70. The maximum absolute atomic E-state index is 13.6. The Morgan fingerprint density at radius 1 is 0.810 bits per heavy atom. The van der Waals surface area contributed by atoms with Crippen LogP contribution in [0.3, 0.4) is 0 Å². The van der Waals surface area contributed by atoms with Crippen LogP contribution in [0.1, 0.15) is 22.8 Å². The Balaban J connectivity index is 2.40. The molecule has 0 heterocycles. The van der Waals surface area contributed by atoms with Crippen LogP contribution in [0.5, 0.6) is 0 Å². The Bertz CT molecular complexity index is 637. The molecule has 0 saturated carbocycles. The van der Waals surface area contributed by atoms with E-state index in [1.807, 2.05) is 0 Å². The van der Waals surface area contributed by atoms with Crippen LogP contribution in [0.4, 0.5) is 8.78 Å². The Kier molecular flexibility index (Phi) is 4.54. The normalized spacial score (nSPS) is 17.0. The largest absolute Gasteiger partial charge is 0.378 e. The molecule has 112 valence electrons. The molecule has 0 amide bonds. The number of halogens is 2. The van der Waals surface area contributed by atoms with E-state index >= 15 is 0 Å². The SMILES string of the molecule is O=P(O)(C(O)c1ccccc1F)C(O)c1ccccc1F. The molecule has 0 fully saturated rings. The number of hydrogen-bond acceptors (Lipinski definition) is 3. The monoisotopic (exact) mass is 314 g/mol. The molecule has 0 aromatic heterocycles. The molecule has 2 unspecified atom stereocenters. The van der Waals surface area contributed by atoms with E-state index in [2.05, 4.69) is 0 Å². The average molecular weight is 314 g/mol. The first-order valence-electron chi connectivity index (χ1n) is 6.03. The van der Waals surface area contributed by atoms with Crippen molar-refractivity contribution in [2.45, 2.75) is 11.7 Å². The van der Waals surface area contributed by atoms with Gasteiger partial charge in [0.05, 0.1) is 0 Å². The van der Waals surface area contributed by atoms with Crippen molar-refractivity contribution in [2.75, 3.05) is 0 Å². The molecule has 0 aliphatic rings. The van der Waals surface area contributed by atoms with Gasteiger partial charge in [0.2, 0.25) is 0 Å². The highest BCUT2D eigenvalue weighted by atomic mass is 31.2. The first-order valence-corrected chi connectivity index (χ1v) is 7.82. The van der Waals surface area contributed by atoms with Gasteiger partial charge in [0.25, 0.3) is 7.37 Å². The lowest BCUT2D eigenvalue weighted by molar-refractivity contribution is 0.182. The minimum atomic E-state index is -4.74. The molecule has 7 heteroatoms. The fraction of sp³-hybridized carbons (Fsp3) is 0.143. The van der Waals surface area contributed by atoms with Crippen molar-refractivity contribution in [2.24, 2.45) is 0 Å². The van der Waals surface area contributed by atoms with E-state index in [9.17, 15) is 28.5 Å². The summed E-state index contributed by atoms with van der Waals surface area (Å²) < 4.78 is 39.4. The molecule has 2 rings (SSSR count). The molecule has 0 spiro atoms. The summed E-state index contributed by atoms with van der Waals surface area (Å²) >= 11 is 0. The second-order valence-corrected chi connectivity index (χ2v) is 6.79. The second-order valence-electron chi connectivity index (χ2n) is 4.46. The zero-order chi connectivity index (χ0) is 15.6. The Labute approximate surface area is 119 Å². The van der Waals surface area contributed by atoms with Gasteiger partial charge in [-0.2, -0.15) is 0 Å². The number of rotatable bonds is 4. The van der Waals surface area contributed by atoms with Gasteiger partial charge in [-0.1, -0.05) is 36.4 Å². The van der Waals surface area contributed by atoms with Crippen molar-refractivity contribution < 1.29 is 28.5 Å². The van der Waals surface area contributed by atoms with Crippen molar-refractivity contribution in [1.82, 2.24) is 0 Å². The predicted octanol–water partition coefficient (Wildman–Crippen LogP) is 2.92. The third-order valence-electron chi connectivity index (χ3n) is 3.07. The van der Waals surface area contributed by atoms with Gasteiger partial charge < -0.3 is 15.1 Å². The summed E-state index contributed by atoms with van der Waals surface area (Å²) in [7, 11) is -4.74.